The fourth-order valence-electron chi connectivity index (χ4n) is 5.57. The summed E-state index contributed by atoms with van der Waals surface area (Å²) in [6.45, 7) is 2.21. The molecule has 4 aliphatic rings. The third-order valence-corrected chi connectivity index (χ3v) is 6.68. The highest BCUT2D eigenvalue weighted by Crippen LogP contribution is 2.65. The molecule has 102 valence electrons. The van der Waals surface area contributed by atoms with Crippen molar-refractivity contribution in [1.29, 1.82) is 0 Å². The maximum absolute atomic E-state index is 5.76. The number of hydrogen-bond acceptors (Lipinski definition) is 2. The lowest BCUT2D eigenvalue weighted by Crippen LogP contribution is -2.32. The van der Waals surface area contributed by atoms with E-state index in [4.69, 9.17) is 5.73 Å². The summed E-state index contributed by atoms with van der Waals surface area (Å²) in [6, 6.07) is 0.934. The maximum atomic E-state index is 5.76. The number of fused-ring (bicyclic) bond motifs is 5. The summed E-state index contributed by atoms with van der Waals surface area (Å²) >= 11 is 0. The van der Waals surface area contributed by atoms with E-state index in [1.165, 1.54) is 32.2 Å². The Morgan fingerprint density at radius 1 is 0.833 bits per heavy atom. The third kappa shape index (κ3) is 1.84. The van der Waals surface area contributed by atoms with Crippen molar-refractivity contribution in [2.24, 2.45) is 41.2 Å². The van der Waals surface area contributed by atoms with Crippen molar-refractivity contribution in [3.8, 4) is 0 Å². The van der Waals surface area contributed by atoms with Crippen LogP contribution in [0.2, 0.25) is 0 Å². The van der Waals surface area contributed by atoms with Crippen molar-refractivity contribution in [2.45, 2.75) is 51.0 Å². The van der Waals surface area contributed by atoms with Crippen LogP contribution in [-0.4, -0.2) is 19.1 Å². The topological polar surface area (TPSA) is 38.0 Å². The van der Waals surface area contributed by atoms with Gasteiger partial charge in [0.15, 0.2) is 0 Å². The average molecular weight is 248 g/mol. The number of rotatable bonds is 4. The van der Waals surface area contributed by atoms with Crippen LogP contribution in [0.25, 0.3) is 0 Å². The average Bonchev–Trinajstić information content (AvgIpc) is 2.81. The Morgan fingerprint density at radius 2 is 1.44 bits per heavy atom. The van der Waals surface area contributed by atoms with Gasteiger partial charge in [0.1, 0.15) is 0 Å². The lowest BCUT2D eigenvalue weighted by Gasteiger charge is -2.28. The van der Waals surface area contributed by atoms with Crippen LogP contribution >= 0.6 is 0 Å². The molecule has 18 heavy (non-hydrogen) atoms. The van der Waals surface area contributed by atoms with Gasteiger partial charge in [0.2, 0.25) is 0 Å². The second-order valence-corrected chi connectivity index (χ2v) is 7.54. The van der Waals surface area contributed by atoms with Crippen LogP contribution in [0.5, 0.6) is 0 Å². The van der Waals surface area contributed by atoms with Crippen molar-refractivity contribution in [1.82, 2.24) is 5.32 Å². The predicted molar refractivity (Wildman–Crippen MR) is 74.1 cm³/mol. The highest BCUT2D eigenvalue weighted by atomic mass is 15.0. The quantitative estimate of drug-likeness (QED) is 0.801. The molecule has 3 N–H and O–H groups in total. The smallest absolute Gasteiger partial charge is 0.0136 e. The first-order valence-electron chi connectivity index (χ1n) is 8.30. The van der Waals surface area contributed by atoms with E-state index in [2.05, 4.69) is 5.32 Å². The normalized spacial score (nSPS) is 53.5. The molecule has 0 aliphatic heterocycles. The van der Waals surface area contributed by atoms with Crippen molar-refractivity contribution < 1.29 is 0 Å². The van der Waals surface area contributed by atoms with Crippen LogP contribution in [0.1, 0.15) is 44.9 Å². The molecule has 0 aromatic heterocycles. The molecule has 2 bridgehead atoms. The molecule has 2 heteroatoms. The van der Waals surface area contributed by atoms with Gasteiger partial charge in [0.25, 0.3) is 0 Å². The Balaban J connectivity index is 1.22. The van der Waals surface area contributed by atoms with Gasteiger partial charge in [0, 0.05) is 6.04 Å². The minimum Gasteiger partial charge on any atom is -0.330 e. The first-order chi connectivity index (χ1) is 8.86. The largest absolute Gasteiger partial charge is 0.330 e. The minimum atomic E-state index is 0.831. The summed E-state index contributed by atoms with van der Waals surface area (Å²) in [5, 5.41) is 3.93. The molecule has 4 unspecified atom stereocenters. The van der Waals surface area contributed by atoms with Crippen molar-refractivity contribution in [2.75, 3.05) is 13.1 Å². The predicted octanol–water partition coefficient (Wildman–Crippen LogP) is 2.39. The molecular weight excluding hydrogens is 220 g/mol. The van der Waals surface area contributed by atoms with E-state index in [1.807, 2.05) is 0 Å². The monoisotopic (exact) mass is 248 g/mol. The Hall–Kier alpha value is -0.0800. The van der Waals surface area contributed by atoms with Crippen LogP contribution in [0.15, 0.2) is 0 Å². The molecule has 4 fully saturated rings. The van der Waals surface area contributed by atoms with Crippen LogP contribution in [-0.2, 0) is 0 Å². The van der Waals surface area contributed by atoms with Crippen LogP contribution < -0.4 is 11.1 Å². The molecular formula is C16H28N2. The Kier molecular flexibility index (Phi) is 2.92. The molecule has 0 heterocycles. The zero-order valence-electron chi connectivity index (χ0n) is 11.5. The van der Waals surface area contributed by atoms with Gasteiger partial charge in [-0.25, -0.2) is 0 Å². The van der Waals surface area contributed by atoms with Gasteiger partial charge in [-0.2, -0.15) is 0 Å². The second-order valence-electron chi connectivity index (χ2n) is 7.54. The number of nitrogens with one attached hydrogen (secondary N) is 1. The SMILES string of the molecule is NCC1CCC(CNC2C3C4CCC(C4)C23)CC1. The van der Waals surface area contributed by atoms with E-state index in [9.17, 15) is 0 Å². The van der Waals surface area contributed by atoms with Gasteiger partial charge >= 0.3 is 0 Å². The van der Waals surface area contributed by atoms with Crippen molar-refractivity contribution in [3.05, 3.63) is 0 Å². The fraction of sp³-hybridized carbons (Fsp3) is 1.00. The molecule has 0 spiro atoms. The second kappa shape index (κ2) is 4.49. The van der Waals surface area contributed by atoms with Gasteiger partial charge in [-0.1, -0.05) is 0 Å². The highest BCUT2D eigenvalue weighted by Gasteiger charge is 2.64. The molecule has 0 saturated heterocycles. The summed E-state index contributed by atoms with van der Waals surface area (Å²) in [7, 11) is 0. The molecule has 2 nitrogen and oxygen atoms in total. The van der Waals surface area contributed by atoms with E-state index in [-0.39, 0.29) is 0 Å². The highest BCUT2D eigenvalue weighted by molar-refractivity contribution is 5.16. The Morgan fingerprint density at radius 3 is 2.06 bits per heavy atom. The molecule has 4 rings (SSSR count). The van der Waals surface area contributed by atoms with E-state index in [0.717, 1.165) is 48.1 Å². The lowest BCUT2D eigenvalue weighted by molar-refractivity contribution is 0.267. The molecule has 0 radical (unpaired) electrons. The Bertz CT molecular complexity index is 292. The summed E-state index contributed by atoms with van der Waals surface area (Å²) in [5.41, 5.74) is 5.76. The fourth-order valence-corrected chi connectivity index (χ4v) is 5.57. The molecule has 0 aromatic rings. The van der Waals surface area contributed by atoms with Gasteiger partial charge in [-0.05, 0) is 93.5 Å². The number of hydrogen-bond donors (Lipinski definition) is 2. The first-order valence-corrected chi connectivity index (χ1v) is 8.30. The van der Waals surface area contributed by atoms with Crippen LogP contribution in [0.3, 0.4) is 0 Å². The zero-order chi connectivity index (χ0) is 12.1. The first kappa shape index (κ1) is 11.7. The lowest BCUT2D eigenvalue weighted by atomic mass is 9.82. The molecule has 0 amide bonds. The summed E-state index contributed by atoms with van der Waals surface area (Å²) in [5.74, 6) is 6.22. The zero-order valence-corrected chi connectivity index (χ0v) is 11.5. The molecule has 0 aromatic carbocycles. The van der Waals surface area contributed by atoms with Gasteiger partial charge in [-0.15, -0.1) is 0 Å². The van der Waals surface area contributed by atoms with E-state index in [1.54, 1.807) is 19.3 Å². The maximum Gasteiger partial charge on any atom is 0.0136 e. The third-order valence-electron chi connectivity index (χ3n) is 6.68. The van der Waals surface area contributed by atoms with Crippen molar-refractivity contribution >= 4 is 0 Å². The summed E-state index contributed by atoms with van der Waals surface area (Å²) in [6.07, 6.45) is 10.3. The molecule has 4 atom stereocenters. The number of nitrogens with two attached hydrogens (primary N) is 1. The summed E-state index contributed by atoms with van der Waals surface area (Å²) in [4.78, 5) is 0. The van der Waals surface area contributed by atoms with E-state index >= 15 is 0 Å². The Labute approximate surface area is 111 Å². The molecule has 4 saturated carbocycles. The van der Waals surface area contributed by atoms with E-state index < -0.39 is 0 Å². The van der Waals surface area contributed by atoms with Gasteiger partial charge in [0.05, 0.1) is 0 Å². The van der Waals surface area contributed by atoms with Gasteiger partial charge in [-0.3, -0.25) is 0 Å². The van der Waals surface area contributed by atoms with Gasteiger partial charge < -0.3 is 11.1 Å². The van der Waals surface area contributed by atoms with Crippen molar-refractivity contribution in [3.63, 3.8) is 0 Å². The van der Waals surface area contributed by atoms with Crippen LogP contribution in [0.4, 0.5) is 0 Å². The van der Waals surface area contributed by atoms with Crippen LogP contribution in [0, 0.1) is 35.5 Å². The summed E-state index contributed by atoms with van der Waals surface area (Å²) < 4.78 is 0. The standard InChI is InChI=1S/C16H28N2/c17-8-10-1-3-11(4-2-10)9-18-16-14-12-5-6-13(7-12)15(14)16/h10-16,18H,1-9,17H2. The molecule has 4 aliphatic carbocycles. The minimum absolute atomic E-state index is 0.831. The van der Waals surface area contributed by atoms with E-state index in [0.29, 0.717) is 0 Å².